The zero-order valence-electron chi connectivity index (χ0n) is 21.9. The molecule has 0 fully saturated rings. The van der Waals surface area contributed by atoms with Gasteiger partial charge in [0.25, 0.3) is 0 Å². The monoisotopic (exact) mass is 548 g/mol. The molecular weight excluding hydrogens is 516 g/mol. The van der Waals surface area contributed by atoms with Gasteiger partial charge in [-0.1, -0.05) is 38.8 Å². The molecule has 1 aromatic heterocycles. The van der Waals surface area contributed by atoms with Gasteiger partial charge in [-0.25, -0.2) is 4.98 Å². The van der Waals surface area contributed by atoms with Crippen LogP contribution in [0.4, 0.5) is 5.69 Å². The van der Waals surface area contributed by atoms with Gasteiger partial charge in [-0.2, -0.15) is 10.5 Å². The Morgan fingerprint density at radius 2 is 1.68 bits per heavy atom. The number of aromatic nitrogens is 1. The third-order valence-corrected chi connectivity index (χ3v) is 7.33. The van der Waals surface area contributed by atoms with Crippen LogP contribution in [0.25, 0.3) is 22.9 Å². The Balaban J connectivity index is 1.97. The maximum Gasteiger partial charge on any atom is 0.165 e. The summed E-state index contributed by atoms with van der Waals surface area (Å²) in [6.45, 7) is 6.63. The lowest BCUT2D eigenvalue weighted by Gasteiger charge is -2.24. The summed E-state index contributed by atoms with van der Waals surface area (Å²) in [7, 11) is 0. The van der Waals surface area contributed by atoms with Gasteiger partial charge >= 0.3 is 0 Å². The maximum absolute atomic E-state index is 9.63. The van der Waals surface area contributed by atoms with E-state index in [1.807, 2.05) is 30.3 Å². The number of halogens is 1. The predicted molar refractivity (Wildman–Crippen MR) is 156 cm³/mol. The van der Waals surface area contributed by atoms with Crippen LogP contribution < -0.4 is 18.8 Å². The van der Waals surface area contributed by atoms with E-state index in [1.54, 1.807) is 12.1 Å². The van der Waals surface area contributed by atoms with E-state index in [0.717, 1.165) is 41.6 Å². The number of ether oxygens (including phenoxy) is 1. The number of aliphatic hydroxyl groups excluding tert-OH is 1. The fourth-order valence-electron chi connectivity index (χ4n) is 3.81. The van der Waals surface area contributed by atoms with Gasteiger partial charge in [0.2, 0.25) is 0 Å². The van der Waals surface area contributed by atoms with Crippen LogP contribution >= 0.6 is 22.9 Å². The van der Waals surface area contributed by atoms with Gasteiger partial charge in [-0.05, 0) is 60.9 Å². The van der Waals surface area contributed by atoms with Crippen LogP contribution in [0, 0.1) is 22.7 Å². The van der Waals surface area contributed by atoms with Crippen molar-refractivity contribution in [3.05, 3.63) is 63.3 Å². The maximum atomic E-state index is 9.63. The molecule has 0 saturated carbocycles. The first kappa shape index (κ1) is 29.2. The minimum atomic E-state index is -0.735. The second-order valence-corrected chi connectivity index (χ2v) is 10.2. The first-order valence-electron chi connectivity index (χ1n) is 12.9. The first-order valence-corrected chi connectivity index (χ1v) is 14.2. The van der Waals surface area contributed by atoms with Crippen molar-refractivity contribution in [2.24, 2.45) is 0 Å². The third-order valence-electron chi connectivity index (χ3n) is 5.96. The summed E-state index contributed by atoms with van der Waals surface area (Å²) in [4.78, 5) is 7.10. The molecule has 1 heterocycles. The molecule has 0 amide bonds. The Morgan fingerprint density at radius 1 is 1.05 bits per heavy atom. The van der Waals surface area contributed by atoms with Crippen molar-refractivity contribution in [3.63, 3.8) is 0 Å². The summed E-state index contributed by atoms with van der Waals surface area (Å²) < 4.78 is 6.83. The molecule has 38 heavy (non-hydrogen) atoms. The molecule has 6 nitrogen and oxygen atoms in total. The fraction of sp³-hybridized carbons (Fsp3) is 0.367. The smallest absolute Gasteiger partial charge is 0.165 e. The molecule has 198 valence electrons. The molecule has 8 heteroatoms. The number of benzene rings is 2. The quantitative estimate of drug-likeness (QED) is 0.294. The standard InChI is InChI=1S/C30H33ClN4O2S/c1-3-5-15-35(16-6-4-2)25-11-7-22(8-12-25)17-28-29(34-30(38-28)24(19-32)20-33)23-9-13-27(14-10-23)37-21-26(36)18-31/h7-14,17,26,36H,3-6,15-16,18,21H2,1-2H3/b28-17+/t26-/m1/s1. The summed E-state index contributed by atoms with van der Waals surface area (Å²) in [5.74, 6) is 0.706. The van der Waals surface area contributed by atoms with Crippen LogP contribution in [-0.4, -0.2) is 41.8 Å². The highest BCUT2D eigenvalue weighted by Crippen LogP contribution is 2.21. The molecule has 3 rings (SSSR count). The number of alkyl halides is 1. The van der Waals surface area contributed by atoms with Gasteiger partial charge in [0.1, 0.15) is 35.3 Å². The summed E-state index contributed by atoms with van der Waals surface area (Å²) in [6.07, 6.45) is 5.96. The van der Waals surface area contributed by atoms with Crippen molar-refractivity contribution in [3.8, 4) is 29.1 Å². The lowest BCUT2D eigenvalue weighted by molar-refractivity contribution is 0.125. The highest BCUT2D eigenvalue weighted by molar-refractivity contribution is 7.08. The minimum absolute atomic E-state index is 0.0104. The molecule has 0 radical (unpaired) electrons. The lowest BCUT2D eigenvalue weighted by atomic mass is 10.1. The zero-order valence-corrected chi connectivity index (χ0v) is 23.4. The topological polar surface area (TPSA) is 93.2 Å². The normalized spacial score (nSPS) is 12.0. The summed E-state index contributed by atoms with van der Waals surface area (Å²) in [6, 6.07) is 19.8. The largest absolute Gasteiger partial charge is 0.491 e. The third kappa shape index (κ3) is 8.07. The molecule has 0 bridgehead atoms. The molecule has 0 unspecified atom stereocenters. The van der Waals surface area contributed by atoms with Crippen molar-refractivity contribution in [2.45, 2.75) is 45.6 Å². The molecule has 0 aliphatic heterocycles. The molecule has 2 aromatic carbocycles. The van der Waals surface area contributed by atoms with E-state index in [4.69, 9.17) is 16.3 Å². The molecule has 0 spiro atoms. The molecule has 3 aromatic rings. The van der Waals surface area contributed by atoms with Gasteiger partial charge in [-0.15, -0.1) is 22.9 Å². The number of hydrogen-bond acceptors (Lipinski definition) is 7. The second kappa shape index (κ2) is 15.1. The van der Waals surface area contributed by atoms with E-state index in [9.17, 15) is 15.6 Å². The van der Waals surface area contributed by atoms with Gasteiger partial charge in [-0.3, -0.25) is 0 Å². The number of rotatable bonds is 13. The molecule has 1 N–H and O–H groups in total. The van der Waals surface area contributed by atoms with Gasteiger partial charge in [0, 0.05) is 24.3 Å². The van der Waals surface area contributed by atoms with Gasteiger partial charge in [0.15, 0.2) is 5.57 Å². The van der Waals surface area contributed by atoms with E-state index in [1.165, 1.54) is 29.9 Å². The van der Waals surface area contributed by atoms with Crippen molar-refractivity contribution in [1.29, 1.82) is 10.5 Å². The van der Waals surface area contributed by atoms with Crippen LogP contribution in [0.3, 0.4) is 0 Å². The molecular formula is C30H33ClN4O2S. The van der Waals surface area contributed by atoms with Gasteiger partial charge < -0.3 is 14.7 Å². The van der Waals surface area contributed by atoms with Crippen molar-refractivity contribution < 1.29 is 9.84 Å². The second-order valence-electron chi connectivity index (χ2n) is 8.90. The van der Waals surface area contributed by atoms with Crippen molar-refractivity contribution in [2.75, 3.05) is 30.5 Å². The van der Waals surface area contributed by atoms with Crippen LogP contribution in [0.1, 0.15) is 45.1 Å². The van der Waals surface area contributed by atoms with E-state index < -0.39 is 6.10 Å². The Hall–Kier alpha value is -3.36. The highest BCUT2D eigenvalue weighted by Gasteiger charge is 2.10. The lowest BCUT2D eigenvalue weighted by Crippen LogP contribution is -2.25. The Bertz CT molecular complexity index is 1350. The van der Waals surface area contributed by atoms with E-state index in [0.29, 0.717) is 16.1 Å². The number of nitrogens with zero attached hydrogens (tertiary/aromatic N) is 4. The van der Waals surface area contributed by atoms with Crippen molar-refractivity contribution in [1.82, 2.24) is 4.98 Å². The van der Waals surface area contributed by atoms with Crippen LogP contribution in [0.5, 0.6) is 5.75 Å². The van der Waals surface area contributed by atoms with E-state index >= 15 is 0 Å². The average molecular weight is 549 g/mol. The molecule has 1 atom stereocenters. The van der Waals surface area contributed by atoms with Crippen LogP contribution in [-0.2, 0) is 0 Å². The SMILES string of the molecule is CCCCN(CCCC)c1ccc(/C=c2/sc(=C(C#N)C#N)nc2-c2ccc(OC[C@H](O)CCl)cc2)cc1. The fourth-order valence-corrected chi connectivity index (χ4v) is 4.89. The number of anilines is 1. The van der Waals surface area contributed by atoms with Gasteiger partial charge in [0.05, 0.1) is 16.1 Å². The Labute approximate surface area is 233 Å². The summed E-state index contributed by atoms with van der Waals surface area (Å²) in [5, 5.41) is 28.4. The Kier molecular flexibility index (Phi) is 11.6. The van der Waals surface area contributed by atoms with Crippen LogP contribution in [0.2, 0.25) is 0 Å². The molecule has 0 aliphatic rings. The number of nitriles is 2. The number of aliphatic hydroxyl groups is 1. The summed E-state index contributed by atoms with van der Waals surface area (Å²) in [5.41, 5.74) is 3.75. The van der Waals surface area contributed by atoms with Crippen LogP contribution in [0.15, 0.2) is 48.5 Å². The number of hydrogen-bond donors (Lipinski definition) is 1. The van der Waals surface area contributed by atoms with Crippen molar-refractivity contribution >= 4 is 40.3 Å². The Morgan fingerprint density at radius 3 is 2.24 bits per heavy atom. The summed E-state index contributed by atoms with van der Waals surface area (Å²) >= 11 is 6.95. The van der Waals surface area contributed by atoms with E-state index in [-0.39, 0.29) is 18.1 Å². The average Bonchev–Trinajstić information content (AvgIpc) is 3.36. The first-order chi connectivity index (χ1) is 18.5. The predicted octanol–water partition coefficient (Wildman–Crippen LogP) is 5.22. The number of unbranched alkanes of at least 4 members (excludes halogenated alkanes) is 2. The molecule has 0 aliphatic carbocycles. The van der Waals surface area contributed by atoms with E-state index in [2.05, 4.69) is 48.0 Å². The number of thiazole rings is 1. The molecule has 0 saturated heterocycles. The highest BCUT2D eigenvalue weighted by atomic mass is 35.5. The minimum Gasteiger partial charge on any atom is -0.491 e. The zero-order chi connectivity index (χ0) is 27.3.